The second-order valence-corrected chi connectivity index (χ2v) is 40.3. The van der Waals surface area contributed by atoms with Crippen LogP contribution in [0.15, 0.2) is 114 Å². The predicted molar refractivity (Wildman–Crippen MR) is 250 cm³/mol. The number of fused-ring (bicyclic) bond motifs is 6. The number of hydrogen-bond acceptors (Lipinski definition) is 0. The van der Waals surface area contributed by atoms with Gasteiger partial charge in [0.25, 0.3) is 0 Å². The molecule has 2 unspecified atom stereocenters. The van der Waals surface area contributed by atoms with Crippen LogP contribution < -0.4 is 0 Å². The van der Waals surface area contributed by atoms with Crippen LogP contribution in [0.25, 0.3) is 34.4 Å². The Balaban J connectivity index is 1.36. The number of allylic oxidation sites excluding steroid dienone is 2. The van der Waals surface area contributed by atoms with E-state index in [-0.39, 0.29) is 27.1 Å². The van der Waals surface area contributed by atoms with Crippen LogP contribution in [0.2, 0.25) is 9.36 Å². The molecular formula is C57H68Hf. The molecule has 1 heteroatoms. The third kappa shape index (κ3) is 6.94. The van der Waals surface area contributed by atoms with E-state index in [4.69, 9.17) is 0 Å². The molecule has 0 N–H and O–H groups in total. The molecule has 300 valence electrons. The van der Waals surface area contributed by atoms with Gasteiger partial charge in [-0.05, 0) is 0 Å². The van der Waals surface area contributed by atoms with Crippen molar-refractivity contribution in [3.63, 3.8) is 0 Å². The quantitative estimate of drug-likeness (QED) is 0.158. The molecule has 5 aromatic rings. The van der Waals surface area contributed by atoms with Gasteiger partial charge in [-0.3, -0.25) is 0 Å². The summed E-state index contributed by atoms with van der Waals surface area (Å²) in [5.74, 6) is 0. The molecule has 0 bridgehead atoms. The summed E-state index contributed by atoms with van der Waals surface area (Å²) in [6.45, 7) is 30.9. The van der Waals surface area contributed by atoms with Crippen molar-refractivity contribution in [2.24, 2.45) is 5.41 Å². The fourth-order valence-electron chi connectivity index (χ4n) is 10.7. The van der Waals surface area contributed by atoms with Gasteiger partial charge in [0.2, 0.25) is 0 Å². The van der Waals surface area contributed by atoms with Crippen LogP contribution in [0.1, 0.15) is 147 Å². The van der Waals surface area contributed by atoms with Crippen LogP contribution in [0.3, 0.4) is 0 Å². The Kier molecular flexibility index (Phi) is 9.76. The monoisotopic (exact) mass is 932 g/mol. The third-order valence-electron chi connectivity index (χ3n) is 14.2. The zero-order valence-corrected chi connectivity index (χ0v) is 41.9. The molecular weight excluding hydrogens is 863 g/mol. The van der Waals surface area contributed by atoms with E-state index in [0.29, 0.717) is 7.35 Å². The summed E-state index contributed by atoms with van der Waals surface area (Å²) < 4.78 is 6.62. The molecule has 0 aromatic heterocycles. The van der Waals surface area contributed by atoms with Gasteiger partial charge >= 0.3 is 359 Å². The molecule has 1 saturated heterocycles. The molecule has 1 fully saturated rings. The Morgan fingerprint density at radius 2 is 0.828 bits per heavy atom. The summed E-state index contributed by atoms with van der Waals surface area (Å²) in [6.07, 6.45) is 6.43. The van der Waals surface area contributed by atoms with E-state index in [1.54, 1.807) is 22.3 Å². The van der Waals surface area contributed by atoms with Crippen molar-refractivity contribution in [3.05, 3.63) is 164 Å². The number of rotatable bonds is 4. The van der Waals surface area contributed by atoms with E-state index in [9.17, 15) is 0 Å². The van der Waals surface area contributed by atoms with Gasteiger partial charge in [-0.15, -0.1) is 0 Å². The molecule has 0 nitrogen and oxygen atoms in total. The number of benzene rings is 5. The molecule has 0 radical (unpaired) electrons. The van der Waals surface area contributed by atoms with Gasteiger partial charge in [0.15, 0.2) is 0 Å². The minimum atomic E-state index is -3.33. The first-order valence-corrected chi connectivity index (χ1v) is 33.3. The van der Waals surface area contributed by atoms with Crippen molar-refractivity contribution in [3.8, 4) is 22.3 Å². The van der Waals surface area contributed by atoms with Crippen LogP contribution in [0.5, 0.6) is 0 Å². The van der Waals surface area contributed by atoms with Crippen molar-refractivity contribution >= 4 is 12.2 Å². The second-order valence-electron chi connectivity index (χ2n) is 23.1. The van der Waals surface area contributed by atoms with Crippen molar-refractivity contribution in [2.75, 3.05) is 0 Å². The van der Waals surface area contributed by atoms with Crippen LogP contribution in [0.4, 0.5) is 0 Å². The summed E-state index contributed by atoms with van der Waals surface area (Å²) >= 11 is -3.33. The molecule has 2 atom stereocenters. The van der Waals surface area contributed by atoms with Crippen molar-refractivity contribution in [1.82, 2.24) is 0 Å². The first-order valence-electron chi connectivity index (χ1n) is 22.0. The normalized spacial score (nSPS) is 21.2. The van der Waals surface area contributed by atoms with Gasteiger partial charge in [-0.2, -0.15) is 0 Å². The Labute approximate surface area is 356 Å². The van der Waals surface area contributed by atoms with Crippen molar-refractivity contribution < 1.29 is 20.0 Å². The van der Waals surface area contributed by atoms with Crippen LogP contribution in [0, 0.1) is 5.41 Å². The van der Waals surface area contributed by atoms with Gasteiger partial charge in [-0.1, -0.05) is 0 Å². The first kappa shape index (κ1) is 41.2. The average Bonchev–Trinajstić information content (AvgIpc) is 3.75. The zero-order valence-electron chi connectivity index (χ0n) is 38.3. The van der Waals surface area contributed by atoms with E-state index in [2.05, 4.69) is 215 Å². The molecule has 1 heterocycles. The predicted octanol–water partition coefficient (Wildman–Crippen LogP) is 16.3. The molecule has 58 heavy (non-hydrogen) atoms. The SMILES string of the molecule is CC1(Cc2ccccc2)C2=Cc3c(-c4cc(C(C)(C)C)cc(C(C)(C)C)c4)cccc3[CH]2[Hf]([CH3])([CH3])[CH]2C1=Cc1c(-c3cc(C(C)(C)C)cc(C(C)(C)C)c3)cccc12. The zero-order chi connectivity index (χ0) is 42.0. The fourth-order valence-corrected chi connectivity index (χ4v) is 28.1. The van der Waals surface area contributed by atoms with E-state index in [1.165, 1.54) is 61.2 Å². The maximum absolute atomic E-state index is 3.33. The van der Waals surface area contributed by atoms with Crippen LogP contribution in [-0.2, 0) is 48.0 Å². The van der Waals surface area contributed by atoms with Gasteiger partial charge in [0, 0.05) is 0 Å². The summed E-state index contributed by atoms with van der Waals surface area (Å²) in [4.78, 5) is 0. The summed E-state index contributed by atoms with van der Waals surface area (Å²) in [5, 5.41) is 0. The van der Waals surface area contributed by atoms with E-state index < -0.39 is 20.0 Å². The Hall–Kier alpha value is -3.55. The summed E-state index contributed by atoms with van der Waals surface area (Å²) in [6, 6.07) is 40.9. The summed E-state index contributed by atoms with van der Waals surface area (Å²) in [7, 11) is 0. The Morgan fingerprint density at radius 3 is 1.17 bits per heavy atom. The molecule has 0 amide bonds. The minimum absolute atomic E-state index is 0.0618. The van der Waals surface area contributed by atoms with E-state index in [1.807, 2.05) is 0 Å². The second kappa shape index (κ2) is 13.7. The van der Waals surface area contributed by atoms with Gasteiger partial charge in [-0.25, -0.2) is 0 Å². The molecule has 2 aliphatic carbocycles. The maximum atomic E-state index is 2.80. The number of hydrogen-bond donors (Lipinski definition) is 0. The molecule has 3 aliphatic rings. The van der Waals surface area contributed by atoms with Gasteiger partial charge < -0.3 is 0 Å². The average molecular weight is 932 g/mol. The van der Waals surface area contributed by atoms with Crippen LogP contribution >= 0.6 is 0 Å². The molecule has 1 aliphatic heterocycles. The van der Waals surface area contributed by atoms with E-state index in [0.717, 1.165) is 6.42 Å². The van der Waals surface area contributed by atoms with Crippen molar-refractivity contribution in [2.45, 2.75) is 135 Å². The Morgan fingerprint density at radius 1 is 0.466 bits per heavy atom. The molecule has 5 aromatic carbocycles. The summed E-state index contributed by atoms with van der Waals surface area (Å²) in [5.41, 5.74) is 22.2. The van der Waals surface area contributed by atoms with Crippen molar-refractivity contribution in [1.29, 1.82) is 0 Å². The molecule has 0 spiro atoms. The Bertz CT molecular complexity index is 2270. The fraction of sp³-hybridized carbons (Fsp3) is 0.404. The van der Waals surface area contributed by atoms with E-state index >= 15 is 0 Å². The third-order valence-corrected chi connectivity index (χ3v) is 29.4. The van der Waals surface area contributed by atoms with Gasteiger partial charge in [0.05, 0.1) is 0 Å². The molecule has 0 saturated carbocycles. The molecule has 8 rings (SSSR count). The van der Waals surface area contributed by atoms with Gasteiger partial charge in [0.1, 0.15) is 0 Å². The standard InChI is InChI=1S/C55H62.2CH3.Hf/c1-51(2,3)41-27-39(28-42(31-41)52(4,5)6)47-23-17-21-37-25-45(33-49(37)47)55(13,35-36-19-15-14-16-20-36)46-26-38-22-18-24-48(50(38)34-46)40-29-43(53(7,8)9)32-44(30-40)54(10,11)12;;;/h14-34H,35H2,1-13H3;2*1H3;. The topological polar surface area (TPSA) is 0 Å². The first-order chi connectivity index (χ1) is 26.9. The van der Waals surface area contributed by atoms with Crippen LogP contribution in [-0.4, -0.2) is 0 Å².